The minimum absolute atomic E-state index is 0.0450. The topological polar surface area (TPSA) is 43.4 Å². The first-order valence-corrected chi connectivity index (χ1v) is 4.46. The van der Waals surface area contributed by atoms with Crippen LogP contribution in [0.1, 0.15) is 40.5 Å². The number of ketones is 1. The maximum Gasteiger partial charge on any atom is 0.306 e. The van der Waals surface area contributed by atoms with Gasteiger partial charge >= 0.3 is 5.97 Å². The van der Waals surface area contributed by atoms with Gasteiger partial charge in [0.15, 0.2) is 0 Å². The summed E-state index contributed by atoms with van der Waals surface area (Å²) in [6.07, 6.45) is 0.709. The summed E-state index contributed by atoms with van der Waals surface area (Å²) >= 11 is 0. The van der Waals surface area contributed by atoms with Crippen LogP contribution in [-0.2, 0) is 14.3 Å². The summed E-state index contributed by atoms with van der Waals surface area (Å²) in [5, 5.41) is 0. The molecule has 3 heteroatoms. The summed E-state index contributed by atoms with van der Waals surface area (Å²) in [7, 11) is 0. The predicted molar refractivity (Wildman–Crippen MR) is 50.3 cm³/mol. The summed E-state index contributed by atoms with van der Waals surface area (Å²) in [5.74, 6) is -0.183. The number of hydrogen-bond donors (Lipinski definition) is 0. The van der Waals surface area contributed by atoms with Crippen molar-refractivity contribution in [3.63, 3.8) is 0 Å². The summed E-state index contributed by atoms with van der Waals surface area (Å²) in [6.45, 7) is 7.61. The molecule has 0 aromatic carbocycles. The van der Waals surface area contributed by atoms with E-state index < -0.39 is 0 Å². The average molecular weight is 186 g/mol. The molecule has 0 amide bonds. The van der Waals surface area contributed by atoms with Crippen LogP contribution in [0.2, 0.25) is 0 Å². The fourth-order valence-corrected chi connectivity index (χ4v) is 0.793. The molecule has 0 atom stereocenters. The third-order valence-corrected chi connectivity index (χ3v) is 1.39. The smallest absolute Gasteiger partial charge is 0.306 e. The molecule has 0 aliphatic rings. The van der Waals surface area contributed by atoms with Gasteiger partial charge in [-0.25, -0.2) is 0 Å². The second-order valence-corrected chi connectivity index (χ2v) is 4.41. The van der Waals surface area contributed by atoms with Crippen molar-refractivity contribution in [1.82, 2.24) is 0 Å². The molecule has 0 saturated heterocycles. The zero-order chi connectivity index (χ0) is 10.5. The third-order valence-electron chi connectivity index (χ3n) is 1.39. The van der Waals surface area contributed by atoms with Gasteiger partial charge in [0.1, 0.15) is 5.78 Å². The van der Waals surface area contributed by atoms with Crippen LogP contribution in [0.4, 0.5) is 0 Å². The largest absolute Gasteiger partial charge is 0.465 e. The molecule has 0 aliphatic heterocycles. The minimum atomic E-state index is -0.228. The van der Waals surface area contributed by atoms with Gasteiger partial charge in [0.25, 0.3) is 0 Å². The van der Waals surface area contributed by atoms with Crippen LogP contribution in [0, 0.1) is 5.41 Å². The van der Waals surface area contributed by atoms with Crippen LogP contribution in [0.5, 0.6) is 0 Å². The fourth-order valence-electron chi connectivity index (χ4n) is 0.793. The molecular formula is C10H18O3. The van der Waals surface area contributed by atoms with Crippen molar-refractivity contribution in [2.75, 3.05) is 6.61 Å². The van der Waals surface area contributed by atoms with Crippen LogP contribution in [-0.4, -0.2) is 18.4 Å². The number of hydrogen-bond acceptors (Lipinski definition) is 3. The van der Waals surface area contributed by atoms with Crippen LogP contribution >= 0.6 is 0 Å². The van der Waals surface area contributed by atoms with Gasteiger partial charge in [0, 0.05) is 6.42 Å². The Morgan fingerprint density at radius 3 is 2.15 bits per heavy atom. The van der Waals surface area contributed by atoms with Gasteiger partial charge < -0.3 is 4.74 Å². The highest BCUT2D eigenvalue weighted by molar-refractivity contribution is 5.76. The van der Waals surface area contributed by atoms with E-state index in [4.69, 9.17) is 4.74 Å². The summed E-state index contributed by atoms with van der Waals surface area (Å²) < 4.78 is 4.87. The lowest BCUT2D eigenvalue weighted by molar-refractivity contribution is -0.146. The molecular weight excluding hydrogens is 168 g/mol. The molecule has 0 aromatic heterocycles. The van der Waals surface area contributed by atoms with Crippen molar-refractivity contribution in [1.29, 1.82) is 0 Å². The molecule has 0 N–H and O–H groups in total. The van der Waals surface area contributed by atoms with Crippen molar-refractivity contribution >= 4 is 11.8 Å². The van der Waals surface area contributed by atoms with Crippen molar-refractivity contribution in [3.8, 4) is 0 Å². The van der Waals surface area contributed by atoms with E-state index in [1.54, 1.807) is 0 Å². The molecule has 0 radical (unpaired) electrons. The van der Waals surface area contributed by atoms with Crippen molar-refractivity contribution in [2.24, 2.45) is 5.41 Å². The minimum Gasteiger partial charge on any atom is -0.465 e. The van der Waals surface area contributed by atoms with E-state index in [9.17, 15) is 9.59 Å². The van der Waals surface area contributed by atoms with Gasteiger partial charge in [-0.15, -0.1) is 0 Å². The lowest BCUT2D eigenvalue weighted by Gasteiger charge is -2.16. The Morgan fingerprint density at radius 2 is 1.77 bits per heavy atom. The van der Waals surface area contributed by atoms with Gasteiger partial charge in [0.05, 0.1) is 13.0 Å². The monoisotopic (exact) mass is 186 g/mol. The van der Waals surface area contributed by atoms with E-state index in [1.807, 2.05) is 20.8 Å². The van der Waals surface area contributed by atoms with E-state index in [0.717, 1.165) is 0 Å². The van der Waals surface area contributed by atoms with Gasteiger partial charge in [-0.1, -0.05) is 20.8 Å². The van der Waals surface area contributed by atoms with E-state index in [1.165, 1.54) is 6.92 Å². The fraction of sp³-hybridized carbons (Fsp3) is 0.800. The predicted octanol–water partition coefficient (Wildman–Crippen LogP) is 1.94. The molecule has 0 spiro atoms. The molecule has 0 aromatic rings. The SMILES string of the molecule is CC(=O)CCOC(=O)CC(C)(C)C. The van der Waals surface area contributed by atoms with E-state index in [2.05, 4.69) is 0 Å². The average Bonchev–Trinajstić information content (AvgIpc) is 1.81. The molecule has 0 fully saturated rings. The molecule has 0 saturated carbocycles. The van der Waals surface area contributed by atoms with Crippen LogP contribution < -0.4 is 0 Å². The van der Waals surface area contributed by atoms with Gasteiger partial charge in [-0.3, -0.25) is 9.59 Å². The van der Waals surface area contributed by atoms with Crippen molar-refractivity contribution in [2.45, 2.75) is 40.5 Å². The van der Waals surface area contributed by atoms with E-state index >= 15 is 0 Å². The number of ether oxygens (including phenoxy) is 1. The summed E-state index contributed by atoms with van der Waals surface area (Å²) in [6, 6.07) is 0. The molecule has 76 valence electrons. The van der Waals surface area contributed by atoms with Gasteiger partial charge in [-0.2, -0.15) is 0 Å². The molecule has 0 unspecified atom stereocenters. The summed E-state index contributed by atoms with van der Waals surface area (Å²) in [5.41, 5.74) is -0.0483. The Labute approximate surface area is 79.5 Å². The Kier molecular flexibility index (Phi) is 4.67. The second-order valence-electron chi connectivity index (χ2n) is 4.41. The molecule has 0 bridgehead atoms. The third kappa shape index (κ3) is 9.05. The Bertz CT molecular complexity index is 189. The Hall–Kier alpha value is -0.860. The standard InChI is InChI=1S/C10H18O3/c1-8(11)5-6-13-9(12)7-10(2,3)4/h5-7H2,1-4H3. The van der Waals surface area contributed by atoms with Crippen LogP contribution in [0.25, 0.3) is 0 Å². The molecule has 0 aliphatic carbocycles. The number of carbonyl (C=O) groups excluding carboxylic acids is 2. The molecule has 0 rings (SSSR count). The number of rotatable bonds is 4. The second kappa shape index (κ2) is 5.00. The van der Waals surface area contributed by atoms with E-state index in [0.29, 0.717) is 12.8 Å². The lowest BCUT2D eigenvalue weighted by Crippen LogP contribution is -2.16. The number of esters is 1. The molecule has 0 heterocycles. The highest BCUT2D eigenvalue weighted by Gasteiger charge is 2.16. The highest BCUT2D eigenvalue weighted by Crippen LogP contribution is 2.18. The first-order chi connectivity index (χ1) is 5.81. The van der Waals surface area contributed by atoms with Crippen molar-refractivity contribution < 1.29 is 14.3 Å². The normalized spacial score (nSPS) is 11.1. The zero-order valence-electron chi connectivity index (χ0n) is 8.85. The van der Waals surface area contributed by atoms with E-state index in [-0.39, 0.29) is 23.8 Å². The lowest BCUT2D eigenvalue weighted by atomic mass is 9.92. The van der Waals surface area contributed by atoms with Gasteiger partial charge in [-0.05, 0) is 12.3 Å². The highest BCUT2D eigenvalue weighted by atomic mass is 16.5. The summed E-state index contributed by atoms with van der Waals surface area (Å²) in [4.78, 5) is 21.6. The number of carbonyl (C=O) groups is 2. The quantitative estimate of drug-likeness (QED) is 0.630. The Balaban J connectivity index is 3.59. The zero-order valence-corrected chi connectivity index (χ0v) is 8.85. The molecule has 3 nitrogen and oxygen atoms in total. The number of Topliss-reactive ketones (excluding diaryl/α,β-unsaturated/α-hetero) is 1. The van der Waals surface area contributed by atoms with Gasteiger partial charge in [0.2, 0.25) is 0 Å². The van der Waals surface area contributed by atoms with Crippen molar-refractivity contribution in [3.05, 3.63) is 0 Å². The maximum atomic E-state index is 11.1. The molecule has 13 heavy (non-hydrogen) atoms. The van der Waals surface area contributed by atoms with Crippen LogP contribution in [0.3, 0.4) is 0 Å². The first kappa shape index (κ1) is 12.1. The maximum absolute atomic E-state index is 11.1. The van der Waals surface area contributed by atoms with Crippen LogP contribution in [0.15, 0.2) is 0 Å². The Morgan fingerprint density at radius 1 is 1.23 bits per heavy atom. The first-order valence-electron chi connectivity index (χ1n) is 4.46.